The third kappa shape index (κ3) is 3.96. The standard InChI is InChI=1S/C22H31N3O3/c1-15-7-8-20-19(13-15)25(14-16(2)28-20)22(27)24-11-9-17(10-12-24)21(26)23-18-5-3-4-6-18/h7-8,13,16-18H,3-6,9-12,14H2,1-2H3,(H,23,26)/t16-/m1/s1. The van der Waals surface area contributed by atoms with E-state index in [2.05, 4.69) is 5.32 Å². The Morgan fingerprint density at radius 1 is 1.11 bits per heavy atom. The van der Waals surface area contributed by atoms with Crippen LogP contribution in [0.2, 0.25) is 0 Å². The summed E-state index contributed by atoms with van der Waals surface area (Å²) in [6, 6.07) is 6.35. The summed E-state index contributed by atoms with van der Waals surface area (Å²) in [7, 11) is 0. The lowest BCUT2D eigenvalue weighted by Gasteiger charge is -2.39. The number of likely N-dealkylation sites (tertiary alicyclic amines) is 1. The quantitative estimate of drug-likeness (QED) is 0.848. The summed E-state index contributed by atoms with van der Waals surface area (Å²) < 4.78 is 5.90. The first-order valence-electron chi connectivity index (χ1n) is 10.7. The predicted molar refractivity (Wildman–Crippen MR) is 109 cm³/mol. The van der Waals surface area contributed by atoms with Crippen LogP contribution >= 0.6 is 0 Å². The second-order valence-corrected chi connectivity index (χ2v) is 8.54. The average molecular weight is 386 g/mol. The van der Waals surface area contributed by atoms with Crippen molar-refractivity contribution < 1.29 is 14.3 Å². The molecule has 6 heteroatoms. The van der Waals surface area contributed by atoms with Gasteiger partial charge in [0.15, 0.2) is 0 Å². The number of carbonyl (C=O) groups excluding carboxylic acids is 2. The van der Waals surface area contributed by atoms with Crippen LogP contribution in [0.25, 0.3) is 0 Å². The van der Waals surface area contributed by atoms with Crippen LogP contribution in [0.5, 0.6) is 5.75 Å². The van der Waals surface area contributed by atoms with Crippen LogP contribution in [-0.4, -0.2) is 48.6 Å². The van der Waals surface area contributed by atoms with Crippen molar-refractivity contribution in [1.82, 2.24) is 10.2 Å². The zero-order chi connectivity index (χ0) is 19.7. The van der Waals surface area contributed by atoms with E-state index in [9.17, 15) is 9.59 Å². The first-order chi connectivity index (χ1) is 13.5. The number of nitrogens with zero attached hydrogens (tertiary/aromatic N) is 2. The zero-order valence-electron chi connectivity index (χ0n) is 16.9. The number of fused-ring (bicyclic) bond motifs is 1. The SMILES string of the molecule is Cc1ccc2c(c1)N(C(=O)N1CCC(C(=O)NC3CCCC3)CC1)C[C@@H](C)O2. The molecule has 0 unspecified atom stereocenters. The molecular weight excluding hydrogens is 354 g/mol. The van der Waals surface area contributed by atoms with Gasteiger partial charge in [0.25, 0.3) is 0 Å². The van der Waals surface area contributed by atoms with E-state index in [4.69, 9.17) is 4.74 Å². The Hall–Kier alpha value is -2.24. The summed E-state index contributed by atoms with van der Waals surface area (Å²) in [4.78, 5) is 29.5. The zero-order valence-corrected chi connectivity index (χ0v) is 16.9. The third-order valence-corrected chi connectivity index (χ3v) is 6.24. The molecule has 0 aromatic heterocycles. The molecule has 0 bridgehead atoms. The highest BCUT2D eigenvalue weighted by molar-refractivity contribution is 5.94. The van der Waals surface area contributed by atoms with Crippen molar-refractivity contribution in [2.24, 2.45) is 5.92 Å². The molecule has 1 aliphatic carbocycles. The number of nitrogens with one attached hydrogen (secondary N) is 1. The van der Waals surface area contributed by atoms with Crippen LogP contribution in [0.4, 0.5) is 10.5 Å². The van der Waals surface area contributed by atoms with E-state index in [1.165, 1.54) is 12.8 Å². The Kier molecular flexibility index (Phi) is 5.47. The van der Waals surface area contributed by atoms with Gasteiger partial charge in [0.2, 0.25) is 5.91 Å². The lowest BCUT2D eigenvalue weighted by molar-refractivity contribution is -0.126. The van der Waals surface area contributed by atoms with Crippen molar-refractivity contribution in [3.63, 3.8) is 0 Å². The van der Waals surface area contributed by atoms with E-state index in [1.807, 2.05) is 41.8 Å². The number of urea groups is 1. The van der Waals surface area contributed by atoms with Gasteiger partial charge in [-0.15, -0.1) is 0 Å². The highest BCUT2D eigenvalue weighted by atomic mass is 16.5. The van der Waals surface area contributed by atoms with E-state index in [0.29, 0.717) is 25.7 Å². The van der Waals surface area contributed by atoms with Crippen LogP contribution in [0.1, 0.15) is 51.0 Å². The molecule has 1 aromatic rings. The largest absolute Gasteiger partial charge is 0.487 e. The van der Waals surface area contributed by atoms with Crippen molar-refractivity contribution >= 4 is 17.6 Å². The number of aryl methyl sites for hydroxylation is 1. The number of ether oxygens (including phenoxy) is 1. The fourth-order valence-electron chi connectivity index (χ4n) is 4.62. The number of piperidine rings is 1. The highest BCUT2D eigenvalue weighted by Crippen LogP contribution is 2.35. The van der Waals surface area contributed by atoms with Crippen molar-refractivity contribution in [1.29, 1.82) is 0 Å². The number of hydrogen-bond donors (Lipinski definition) is 1. The molecule has 4 rings (SSSR count). The Morgan fingerprint density at radius 3 is 2.54 bits per heavy atom. The van der Waals surface area contributed by atoms with Gasteiger partial charge < -0.3 is 15.0 Å². The molecule has 3 amide bonds. The maximum Gasteiger partial charge on any atom is 0.324 e. The summed E-state index contributed by atoms with van der Waals surface area (Å²) in [6.45, 7) is 5.83. The minimum atomic E-state index is -0.0334. The number of amides is 3. The predicted octanol–water partition coefficient (Wildman–Crippen LogP) is 3.47. The number of carbonyl (C=O) groups is 2. The maximum absolute atomic E-state index is 13.2. The van der Waals surface area contributed by atoms with Gasteiger partial charge in [0.1, 0.15) is 11.9 Å². The second kappa shape index (κ2) is 8.02. The maximum atomic E-state index is 13.2. The molecule has 1 atom stereocenters. The molecule has 152 valence electrons. The molecule has 1 N–H and O–H groups in total. The number of hydrogen-bond acceptors (Lipinski definition) is 3. The topological polar surface area (TPSA) is 61.9 Å². The highest BCUT2D eigenvalue weighted by Gasteiger charge is 2.34. The Bertz CT molecular complexity index is 737. The molecule has 3 aliphatic rings. The minimum Gasteiger partial charge on any atom is -0.487 e. The number of rotatable bonds is 2. The van der Waals surface area contributed by atoms with E-state index < -0.39 is 0 Å². The Balaban J connectivity index is 1.38. The normalized spacial score (nSPS) is 23.3. The summed E-state index contributed by atoms with van der Waals surface area (Å²) in [6.07, 6.45) is 6.10. The van der Waals surface area contributed by atoms with Gasteiger partial charge in [-0.05, 0) is 57.2 Å². The summed E-state index contributed by atoms with van der Waals surface area (Å²) >= 11 is 0. The monoisotopic (exact) mass is 385 g/mol. The molecule has 6 nitrogen and oxygen atoms in total. The molecule has 1 saturated heterocycles. The molecule has 1 aromatic carbocycles. The molecule has 0 spiro atoms. The van der Waals surface area contributed by atoms with Crippen LogP contribution in [0.3, 0.4) is 0 Å². The van der Waals surface area contributed by atoms with Crippen molar-refractivity contribution in [3.05, 3.63) is 23.8 Å². The van der Waals surface area contributed by atoms with Gasteiger partial charge in [-0.3, -0.25) is 9.69 Å². The van der Waals surface area contributed by atoms with Crippen LogP contribution in [-0.2, 0) is 4.79 Å². The number of benzene rings is 1. The minimum absolute atomic E-state index is 0.0247. The number of anilines is 1. The summed E-state index contributed by atoms with van der Waals surface area (Å²) in [5, 5.41) is 3.21. The van der Waals surface area contributed by atoms with E-state index in [1.54, 1.807) is 0 Å². The van der Waals surface area contributed by atoms with Crippen molar-refractivity contribution in [3.8, 4) is 5.75 Å². The Labute approximate surface area is 167 Å². The molecular formula is C22H31N3O3. The molecule has 2 heterocycles. The first kappa shape index (κ1) is 19.1. The molecule has 2 aliphatic heterocycles. The molecule has 0 radical (unpaired) electrons. The van der Waals surface area contributed by atoms with E-state index in [0.717, 1.165) is 42.7 Å². The van der Waals surface area contributed by atoms with Crippen molar-refractivity contribution in [2.75, 3.05) is 24.5 Å². The fraction of sp³-hybridized carbons (Fsp3) is 0.636. The molecule has 28 heavy (non-hydrogen) atoms. The van der Waals surface area contributed by atoms with Gasteiger partial charge in [0, 0.05) is 25.0 Å². The average Bonchev–Trinajstić information content (AvgIpc) is 3.20. The van der Waals surface area contributed by atoms with Crippen LogP contribution in [0, 0.1) is 12.8 Å². The van der Waals surface area contributed by atoms with Gasteiger partial charge in [-0.1, -0.05) is 18.9 Å². The second-order valence-electron chi connectivity index (χ2n) is 8.54. The first-order valence-corrected chi connectivity index (χ1v) is 10.7. The lowest BCUT2D eigenvalue weighted by atomic mass is 9.95. The van der Waals surface area contributed by atoms with Crippen LogP contribution < -0.4 is 15.0 Å². The third-order valence-electron chi connectivity index (χ3n) is 6.24. The lowest BCUT2D eigenvalue weighted by Crippen LogP contribution is -2.52. The van der Waals surface area contributed by atoms with Gasteiger partial charge in [-0.25, -0.2) is 4.79 Å². The van der Waals surface area contributed by atoms with Gasteiger partial charge in [0.05, 0.1) is 12.2 Å². The fourth-order valence-corrected chi connectivity index (χ4v) is 4.62. The summed E-state index contributed by atoms with van der Waals surface area (Å²) in [5.74, 6) is 0.978. The smallest absolute Gasteiger partial charge is 0.324 e. The summed E-state index contributed by atoms with van der Waals surface area (Å²) in [5.41, 5.74) is 1.96. The molecule has 2 fully saturated rings. The van der Waals surface area contributed by atoms with Crippen LogP contribution in [0.15, 0.2) is 18.2 Å². The van der Waals surface area contributed by atoms with E-state index >= 15 is 0 Å². The van der Waals surface area contributed by atoms with Gasteiger partial charge >= 0.3 is 6.03 Å². The van der Waals surface area contributed by atoms with Crippen molar-refractivity contribution in [2.45, 2.75) is 64.5 Å². The van der Waals surface area contributed by atoms with Gasteiger partial charge in [-0.2, -0.15) is 0 Å². The Morgan fingerprint density at radius 2 is 1.82 bits per heavy atom. The molecule has 1 saturated carbocycles. The van der Waals surface area contributed by atoms with E-state index in [-0.39, 0.29) is 24.0 Å².